The van der Waals surface area contributed by atoms with Crippen molar-refractivity contribution in [1.82, 2.24) is 5.32 Å². The lowest BCUT2D eigenvalue weighted by Gasteiger charge is -2.08. The molecular weight excluding hydrogens is 180 g/mol. The third kappa shape index (κ3) is 3.17. The van der Waals surface area contributed by atoms with E-state index in [0.717, 1.165) is 24.3 Å². The number of hydrogen-bond donors (Lipinski definition) is 1. The van der Waals surface area contributed by atoms with E-state index in [9.17, 15) is 0 Å². The van der Waals surface area contributed by atoms with Crippen molar-refractivity contribution < 1.29 is 0 Å². The predicted molar refractivity (Wildman–Crippen MR) is 55.6 cm³/mol. The molecule has 0 fully saturated rings. The van der Waals surface area contributed by atoms with E-state index in [4.69, 9.17) is 5.26 Å². The molecule has 0 aliphatic heterocycles. The molecule has 0 bridgehead atoms. The normalized spacial score (nSPS) is 12.3. The number of nitrogens with one attached hydrogen (secondary N) is 1. The first-order valence-corrected chi connectivity index (χ1v) is 5.43. The van der Waals surface area contributed by atoms with Gasteiger partial charge in [-0.2, -0.15) is 5.26 Å². The summed E-state index contributed by atoms with van der Waals surface area (Å²) in [4.78, 5) is 1.11. The van der Waals surface area contributed by atoms with Crippen molar-refractivity contribution in [3.63, 3.8) is 0 Å². The number of hydrogen-bond acceptors (Lipinski definition) is 3. The number of rotatable bonds is 5. The maximum Gasteiger partial charge on any atom is 0.130 e. The number of thiophene rings is 1. The highest BCUT2D eigenvalue weighted by Gasteiger charge is 2.08. The molecule has 0 aliphatic rings. The Balaban J connectivity index is 2.41. The second kappa shape index (κ2) is 5.74. The second-order valence-electron chi connectivity index (χ2n) is 2.89. The molecule has 0 aromatic carbocycles. The van der Waals surface area contributed by atoms with Crippen molar-refractivity contribution in [3.8, 4) is 6.07 Å². The van der Waals surface area contributed by atoms with Crippen LogP contribution in [0.3, 0.4) is 0 Å². The number of unbranched alkanes of at least 4 members (excludes halogenated alkanes) is 1. The van der Waals surface area contributed by atoms with Gasteiger partial charge < -0.3 is 0 Å². The lowest BCUT2D eigenvalue weighted by Crippen LogP contribution is -2.20. The molecule has 13 heavy (non-hydrogen) atoms. The van der Waals surface area contributed by atoms with Crippen molar-refractivity contribution in [2.24, 2.45) is 0 Å². The fourth-order valence-corrected chi connectivity index (χ4v) is 1.83. The summed E-state index contributed by atoms with van der Waals surface area (Å²) in [6.07, 6.45) is 2.29. The molecule has 1 rings (SSSR count). The van der Waals surface area contributed by atoms with Gasteiger partial charge in [0.25, 0.3) is 0 Å². The largest absolute Gasteiger partial charge is 0.298 e. The van der Waals surface area contributed by atoms with E-state index in [2.05, 4.69) is 18.3 Å². The molecule has 70 valence electrons. The minimum Gasteiger partial charge on any atom is -0.298 e. The van der Waals surface area contributed by atoms with Crippen molar-refractivity contribution in [3.05, 3.63) is 22.4 Å². The third-order valence-electron chi connectivity index (χ3n) is 1.84. The van der Waals surface area contributed by atoms with E-state index in [0.29, 0.717) is 0 Å². The van der Waals surface area contributed by atoms with Gasteiger partial charge in [-0.25, -0.2) is 0 Å². The van der Waals surface area contributed by atoms with Gasteiger partial charge in [0.05, 0.1) is 6.07 Å². The Morgan fingerprint density at radius 3 is 3.08 bits per heavy atom. The Morgan fingerprint density at radius 2 is 2.54 bits per heavy atom. The summed E-state index contributed by atoms with van der Waals surface area (Å²) in [5.41, 5.74) is 0. The zero-order chi connectivity index (χ0) is 9.52. The molecular formula is C10H14N2S. The molecule has 1 aromatic rings. The summed E-state index contributed by atoms with van der Waals surface area (Å²) in [5, 5.41) is 14.1. The zero-order valence-electron chi connectivity index (χ0n) is 7.79. The molecule has 0 spiro atoms. The van der Waals surface area contributed by atoms with Crippen LogP contribution in [0.2, 0.25) is 0 Å². The summed E-state index contributed by atoms with van der Waals surface area (Å²) in [7, 11) is 0. The Kier molecular flexibility index (Phi) is 4.52. The van der Waals surface area contributed by atoms with E-state index in [1.165, 1.54) is 0 Å². The SMILES string of the molecule is CCCCNC(C#N)c1cccs1. The Labute approximate surface area is 83.2 Å². The molecule has 0 saturated carbocycles. The van der Waals surface area contributed by atoms with Gasteiger partial charge in [0, 0.05) is 4.88 Å². The summed E-state index contributed by atoms with van der Waals surface area (Å²) >= 11 is 1.63. The maximum absolute atomic E-state index is 8.89. The second-order valence-corrected chi connectivity index (χ2v) is 3.86. The Bertz CT molecular complexity index is 261. The molecule has 1 unspecified atom stereocenters. The van der Waals surface area contributed by atoms with Gasteiger partial charge in [-0.15, -0.1) is 11.3 Å². The van der Waals surface area contributed by atoms with Crippen molar-refractivity contribution >= 4 is 11.3 Å². The molecule has 1 N–H and O–H groups in total. The quantitative estimate of drug-likeness (QED) is 0.731. The zero-order valence-corrected chi connectivity index (χ0v) is 8.60. The Hall–Kier alpha value is -0.850. The lowest BCUT2D eigenvalue weighted by molar-refractivity contribution is 0.603. The lowest BCUT2D eigenvalue weighted by atomic mass is 10.2. The molecule has 1 aromatic heterocycles. The topological polar surface area (TPSA) is 35.8 Å². The molecule has 0 saturated heterocycles. The average Bonchev–Trinajstić information content (AvgIpc) is 2.65. The molecule has 3 heteroatoms. The molecule has 1 heterocycles. The van der Waals surface area contributed by atoms with Crippen LogP contribution in [0, 0.1) is 11.3 Å². The number of nitriles is 1. The minimum atomic E-state index is -0.119. The number of nitrogens with zero attached hydrogens (tertiary/aromatic N) is 1. The monoisotopic (exact) mass is 194 g/mol. The molecule has 0 radical (unpaired) electrons. The third-order valence-corrected chi connectivity index (χ3v) is 2.77. The van der Waals surface area contributed by atoms with Crippen LogP contribution in [0.15, 0.2) is 17.5 Å². The fourth-order valence-electron chi connectivity index (χ4n) is 1.09. The fraction of sp³-hybridized carbons (Fsp3) is 0.500. The van der Waals surface area contributed by atoms with Crippen LogP contribution < -0.4 is 5.32 Å². The highest BCUT2D eigenvalue weighted by Crippen LogP contribution is 2.17. The summed E-state index contributed by atoms with van der Waals surface area (Å²) in [6.45, 7) is 3.07. The van der Waals surface area contributed by atoms with Crippen LogP contribution in [-0.2, 0) is 0 Å². The molecule has 1 atom stereocenters. The van der Waals surface area contributed by atoms with Crippen LogP contribution in [0.1, 0.15) is 30.7 Å². The first kappa shape index (κ1) is 10.2. The first-order chi connectivity index (χ1) is 6.38. The minimum absolute atomic E-state index is 0.119. The molecule has 0 amide bonds. The van der Waals surface area contributed by atoms with Gasteiger partial charge in [-0.3, -0.25) is 5.32 Å². The van der Waals surface area contributed by atoms with Crippen LogP contribution in [0.4, 0.5) is 0 Å². The molecule has 2 nitrogen and oxygen atoms in total. The van der Waals surface area contributed by atoms with Crippen LogP contribution in [0.25, 0.3) is 0 Å². The smallest absolute Gasteiger partial charge is 0.130 e. The van der Waals surface area contributed by atoms with E-state index in [1.807, 2.05) is 17.5 Å². The van der Waals surface area contributed by atoms with Gasteiger partial charge in [-0.05, 0) is 24.4 Å². The van der Waals surface area contributed by atoms with E-state index in [1.54, 1.807) is 11.3 Å². The summed E-state index contributed by atoms with van der Waals surface area (Å²) in [5.74, 6) is 0. The van der Waals surface area contributed by atoms with Gasteiger partial charge >= 0.3 is 0 Å². The van der Waals surface area contributed by atoms with Crippen LogP contribution in [-0.4, -0.2) is 6.54 Å². The Morgan fingerprint density at radius 1 is 1.69 bits per heavy atom. The van der Waals surface area contributed by atoms with Crippen molar-refractivity contribution in [2.45, 2.75) is 25.8 Å². The summed E-state index contributed by atoms with van der Waals surface area (Å²) in [6, 6.07) is 6.12. The van der Waals surface area contributed by atoms with Crippen molar-refractivity contribution in [2.75, 3.05) is 6.54 Å². The predicted octanol–water partition coefficient (Wildman–Crippen LogP) is 2.70. The highest BCUT2D eigenvalue weighted by atomic mass is 32.1. The van der Waals surface area contributed by atoms with E-state index < -0.39 is 0 Å². The highest BCUT2D eigenvalue weighted by molar-refractivity contribution is 7.10. The first-order valence-electron chi connectivity index (χ1n) is 4.55. The van der Waals surface area contributed by atoms with Crippen LogP contribution >= 0.6 is 11.3 Å². The van der Waals surface area contributed by atoms with Gasteiger partial charge in [-0.1, -0.05) is 19.4 Å². The van der Waals surface area contributed by atoms with Gasteiger partial charge in [0.2, 0.25) is 0 Å². The van der Waals surface area contributed by atoms with E-state index >= 15 is 0 Å². The summed E-state index contributed by atoms with van der Waals surface area (Å²) < 4.78 is 0. The van der Waals surface area contributed by atoms with Gasteiger partial charge in [0.15, 0.2) is 0 Å². The standard InChI is InChI=1S/C10H14N2S/c1-2-3-6-12-9(8-11)10-5-4-7-13-10/h4-5,7,9,12H,2-3,6H2,1H3. The van der Waals surface area contributed by atoms with E-state index in [-0.39, 0.29) is 6.04 Å². The maximum atomic E-state index is 8.89. The average molecular weight is 194 g/mol. The van der Waals surface area contributed by atoms with Gasteiger partial charge in [0.1, 0.15) is 6.04 Å². The molecule has 0 aliphatic carbocycles. The van der Waals surface area contributed by atoms with Crippen molar-refractivity contribution in [1.29, 1.82) is 5.26 Å². The van der Waals surface area contributed by atoms with Crippen LogP contribution in [0.5, 0.6) is 0 Å².